The zero-order valence-electron chi connectivity index (χ0n) is 10.9. The van der Waals surface area contributed by atoms with Crippen molar-refractivity contribution >= 4 is 38.5 Å². The van der Waals surface area contributed by atoms with Gasteiger partial charge in [-0.15, -0.1) is 0 Å². The molecule has 0 spiro atoms. The van der Waals surface area contributed by atoms with E-state index < -0.39 is 0 Å². The van der Waals surface area contributed by atoms with Crippen molar-refractivity contribution in [2.45, 2.75) is 12.5 Å². The quantitative estimate of drug-likeness (QED) is 0.879. The first kappa shape index (κ1) is 13.7. The van der Waals surface area contributed by atoms with Gasteiger partial charge in [0.15, 0.2) is 5.17 Å². The lowest BCUT2D eigenvalue weighted by Crippen LogP contribution is -2.08. The molecule has 20 heavy (non-hydrogen) atoms. The van der Waals surface area contributed by atoms with Crippen LogP contribution in [0.25, 0.3) is 0 Å². The van der Waals surface area contributed by atoms with E-state index in [1.807, 2.05) is 18.2 Å². The Labute approximate surface area is 131 Å². The van der Waals surface area contributed by atoms with Gasteiger partial charge in [0.25, 0.3) is 0 Å². The Balaban J connectivity index is 1.65. The molecule has 1 N–H and O–H groups in total. The van der Waals surface area contributed by atoms with Gasteiger partial charge in [0, 0.05) is 10.2 Å². The van der Waals surface area contributed by atoms with Crippen LogP contribution >= 0.6 is 27.7 Å². The van der Waals surface area contributed by atoms with Crippen molar-refractivity contribution in [1.82, 2.24) is 0 Å². The third kappa shape index (κ3) is 3.44. The van der Waals surface area contributed by atoms with Crippen LogP contribution in [-0.4, -0.2) is 17.0 Å². The third-order valence-electron chi connectivity index (χ3n) is 3.14. The van der Waals surface area contributed by atoms with E-state index in [-0.39, 0.29) is 0 Å². The van der Waals surface area contributed by atoms with Crippen LogP contribution in [0, 0.1) is 0 Å². The Bertz CT molecular complexity index is 613. The lowest BCUT2D eigenvalue weighted by atomic mass is 10.1. The van der Waals surface area contributed by atoms with Gasteiger partial charge < -0.3 is 5.32 Å². The lowest BCUT2D eigenvalue weighted by Gasteiger charge is -2.06. The number of nitrogens with one attached hydrogen (secondary N) is 1. The van der Waals surface area contributed by atoms with Crippen molar-refractivity contribution < 1.29 is 0 Å². The lowest BCUT2D eigenvalue weighted by molar-refractivity contribution is 0.762. The van der Waals surface area contributed by atoms with Crippen molar-refractivity contribution in [2.24, 2.45) is 4.99 Å². The zero-order valence-corrected chi connectivity index (χ0v) is 13.3. The molecule has 0 aliphatic carbocycles. The van der Waals surface area contributed by atoms with Gasteiger partial charge in [-0.1, -0.05) is 54.2 Å². The summed E-state index contributed by atoms with van der Waals surface area (Å²) in [7, 11) is 0. The van der Waals surface area contributed by atoms with Crippen molar-refractivity contribution in [3.05, 3.63) is 64.6 Å². The van der Waals surface area contributed by atoms with Gasteiger partial charge in [-0.3, -0.25) is 4.99 Å². The first-order chi connectivity index (χ1) is 9.81. The van der Waals surface area contributed by atoms with E-state index in [4.69, 9.17) is 4.99 Å². The predicted molar refractivity (Wildman–Crippen MR) is 91.6 cm³/mol. The number of amidine groups is 1. The Morgan fingerprint density at radius 2 is 1.85 bits per heavy atom. The number of hydrogen-bond acceptors (Lipinski definition) is 3. The topological polar surface area (TPSA) is 24.4 Å². The largest absolute Gasteiger partial charge is 0.334 e. The molecular formula is C16H15BrN2S. The molecular weight excluding hydrogens is 332 g/mol. The molecule has 102 valence electrons. The van der Waals surface area contributed by atoms with E-state index in [0.717, 1.165) is 27.5 Å². The maximum absolute atomic E-state index is 4.77. The molecule has 2 nitrogen and oxygen atoms in total. The summed E-state index contributed by atoms with van der Waals surface area (Å²) in [4.78, 5) is 4.77. The van der Waals surface area contributed by atoms with Crippen molar-refractivity contribution in [1.29, 1.82) is 0 Å². The van der Waals surface area contributed by atoms with Gasteiger partial charge in [-0.25, -0.2) is 0 Å². The summed E-state index contributed by atoms with van der Waals surface area (Å²) in [6.07, 6.45) is 1.01. The summed E-state index contributed by atoms with van der Waals surface area (Å²) in [5, 5.41) is 4.40. The van der Waals surface area contributed by atoms with Crippen LogP contribution in [-0.2, 0) is 6.42 Å². The number of para-hydroxylation sites is 1. The second kappa shape index (κ2) is 6.46. The van der Waals surface area contributed by atoms with E-state index >= 15 is 0 Å². The molecule has 0 amide bonds. The number of rotatable bonds is 3. The summed E-state index contributed by atoms with van der Waals surface area (Å²) < 4.78 is 1.06. The Morgan fingerprint density at radius 3 is 2.65 bits per heavy atom. The summed E-state index contributed by atoms with van der Waals surface area (Å²) in [6, 6.07) is 19.0. The molecule has 0 saturated carbocycles. The first-order valence-corrected chi connectivity index (χ1v) is 8.35. The van der Waals surface area contributed by atoms with Gasteiger partial charge in [-0.2, -0.15) is 0 Å². The second-order valence-electron chi connectivity index (χ2n) is 4.69. The normalized spacial score (nSPS) is 17.9. The smallest absolute Gasteiger partial charge is 0.161 e. The number of benzene rings is 2. The molecule has 0 radical (unpaired) electrons. The predicted octanol–water partition coefficient (Wildman–Crippen LogP) is 4.58. The number of nitrogens with zero attached hydrogens (tertiary/aromatic N) is 1. The van der Waals surface area contributed by atoms with Crippen LogP contribution in [0.4, 0.5) is 5.69 Å². The van der Waals surface area contributed by atoms with Gasteiger partial charge in [0.1, 0.15) is 0 Å². The molecule has 1 aliphatic heterocycles. The number of aliphatic imine (C=N–C) groups is 1. The standard InChI is InChI=1S/C16H15BrN2S/c17-14-8-4-5-9-15(14)19-16-18-13(11-20-16)10-12-6-2-1-3-7-12/h1-9,13H,10-11H2,(H,18,19). The SMILES string of the molecule is Brc1ccccc1NC1=NC(Cc2ccccc2)CS1. The Morgan fingerprint density at radius 1 is 1.10 bits per heavy atom. The van der Waals surface area contributed by atoms with Crippen LogP contribution in [0.1, 0.15) is 5.56 Å². The fraction of sp³-hybridized carbons (Fsp3) is 0.188. The van der Waals surface area contributed by atoms with Crippen LogP contribution in [0.2, 0.25) is 0 Å². The Kier molecular flexibility index (Phi) is 4.43. The highest BCUT2D eigenvalue weighted by molar-refractivity contribution is 9.10. The minimum absolute atomic E-state index is 0.368. The monoisotopic (exact) mass is 346 g/mol. The second-order valence-corrected chi connectivity index (χ2v) is 6.56. The van der Waals surface area contributed by atoms with Gasteiger partial charge >= 0.3 is 0 Å². The molecule has 1 atom stereocenters. The molecule has 0 bridgehead atoms. The molecule has 0 fully saturated rings. The average Bonchev–Trinajstić information content (AvgIpc) is 2.90. The highest BCUT2D eigenvalue weighted by Gasteiger charge is 2.19. The number of anilines is 1. The van der Waals surface area contributed by atoms with Gasteiger partial charge in [0.2, 0.25) is 0 Å². The molecule has 3 rings (SSSR count). The molecule has 1 heterocycles. The molecule has 4 heteroatoms. The van der Waals surface area contributed by atoms with Crippen LogP contribution in [0.5, 0.6) is 0 Å². The van der Waals surface area contributed by atoms with Crippen LogP contribution in [0.15, 0.2) is 64.1 Å². The minimum atomic E-state index is 0.368. The maximum atomic E-state index is 4.77. The zero-order chi connectivity index (χ0) is 13.8. The highest BCUT2D eigenvalue weighted by Crippen LogP contribution is 2.26. The van der Waals surface area contributed by atoms with E-state index in [9.17, 15) is 0 Å². The van der Waals surface area contributed by atoms with Gasteiger partial charge in [-0.05, 0) is 40.0 Å². The molecule has 2 aromatic carbocycles. The molecule has 0 saturated heterocycles. The van der Waals surface area contributed by atoms with Crippen molar-refractivity contribution in [3.63, 3.8) is 0 Å². The number of halogens is 1. The van der Waals surface area contributed by atoms with Crippen LogP contribution < -0.4 is 5.32 Å². The first-order valence-electron chi connectivity index (χ1n) is 6.57. The minimum Gasteiger partial charge on any atom is -0.334 e. The van der Waals surface area contributed by atoms with Gasteiger partial charge in [0.05, 0.1) is 11.7 Å². The summed E-state index contributed by atoms with van der Waals surface area (Å²) in [6.45, 7) is 0. The molecule has 2 aromatic rings. The summed E-state index contributed by atoms with van der Waals surface area (Å²) in [5.74, 6) is 1.04. The highest BCUT2D eigenvalue weighted by atomic mass is 79.9. The summed E-state index contributed by atoms with van der Waals surface area (Å²) in [5.41, 5.74) is 2.42. The summed E-state index contributed by atoms with van der Waals surface area (Å²) >= 11 is 5.34. The van der Waals surface area contributed by atoms with Crippen molar-refractivity contribution in [2.75, 3.05) is 11.1 Å². The number of hydrogen-bond donors (Lipinski definition) is 1. The van der Waals surface area contributed by atoms with E-state index in [1.54, 1.807) is 11.8 Å². The van der Waals surface area contributed by atoms with E-state index in [1.165, 1.54) is 5.56 Å². The van der Waals surface area contributed by atoms with Crippen molar-refractivity contribution in [3.8, 4) is 0 Å². The Hall–Kier alpha value is -1.26. The van der Waals surface area contributed by atoms with E-state index in [0.29, 0.717) is 6.04 Å². The number of thioether (sulfide) groups is 1. The maximum Gasteiger partial charge on any atom is 0.161 e. The molecule has 1 aliphatic rings. The third-order valence-corrected chi connectivity index (χ3v) is 4.87. The fourth-order valence-corrected chi connectivity index (χ4v) is 3.48. The molecule has 0 aromatic heterocycles. The van der Waals surface area contributed by atoms with Crippen LogP contribution in [0.3, 0.4) is 0 Å². The molecule has 1 unspecified atom stereocenters. The van der Waals surface area contributed by atoms with E-state index in [2.05, 4.69) is 57.6 Å². The fourth-order valence-electron chi connectivity index (χ4n) is 2.15. The average molecular weight is 347 g/mol.